The zero-order valence-corrected chi connectivity index (χ0v) is 18.7. The van der Waals surface area contributed by atoms with Gasteiger partial charge in [0.15, 0.2) is 5.84 Å². The van der Waals surface area contributed by atoms with Crippen molar-refractivity contribution >= 4 is 39.8 Å². The second-order valence-electron chi connectivity index (χ2n) is 6.09. The number of benzene rings is 1. The van der Waals surface area contributed by atoms with Crippen LogP contribution in [0.1, 0.15) is 42.7 Å². The molecule has 2 bridgehead atoms. The molecule has 3 N–H and O–H groups in total. The van der Waals surface area contributed by atoms with E-state index in [2.05, 4.69) is 26.2 Å². The largest absolute Gasteiger partial charge is 0.493 e. The molecule has 8 heteroatoms. The highest BCUT2D eigenvalue weighted by atomic mass is 79.9. The predicted octanol–water partition coefficient (Wildman–Crippen LogP) is 5.09. The van der Waals surface area contributed by atoms with Gasteiger partial charge >= 0.3 is 0 Å². The third-order valence-electron chi connectivity index (χ3n) is 4.10. The van der Waals surface area contributed by atoms with Crippen LogP contribution in [0.5, 0.6) is 5.75 Å². The number of carbonyl (C=O) groups is 1. The molecule has 0 atom stereocenters. The molecule has 158 valence electrons. The topological polar surface area (TPSA) is 102 Å². The number of allylic oxidation sites excluding steroid dienone is 1. The number of fused-ring (bicyclic) bond motifs is 3. The summed E-state index contributed by atoms with van der Waals surface area (Å²) in [4.78, 5) is 18.6. The molecular formula is C22H26BrN5O2. The van der Waals surface area contributed by atoms with E-state index in [-0.39, 0.29) is 11.7 Å². The molecule has 1 aliphatic rings. The number of nitrogens with one attached hydrogen (secondary N) is 3. The number of pyridine rings is 1. The van der Waals surface area contributed by atoms with E-state index in [0.29, 0.717) is 36.0 Å². The van der Waals surface area contributed by atoms with Crippen molar-refractivity contribution in [3.8, 4) is 5.75 Å². The van der Waals surface area contributed by atoms with Crippen molar-refractivity contribution in [2.45, 2.75) is 26.7 Å². The lowest BCUT2D eigenvalue weighted by molar-refractivity contribution is 0.102. The van der Waals surface area contributed by atoms with E-state index >= 15 is 0 Å². The van der Waals surface area contributed by atoms with Crippen LogP contribution in [-0.4, -0.2) is 41.1 Å². The number of hydrogen-bond donors (Lipinski definition) is 3. The first-order chi connectivity index (χ1) is 14.6. The molecular weight excluding hydrogens is 446 g/mol. The standard InChI is InChI=1S/C20H20BrN5O2.C2H6/c21-14-8-9-17-15(12-14)20(27)25-18-7-5-6-16(24-18)19(23)26(13-22)10-3-1-2-4-11-28-17;1-2/h1,3,5-9,12-13,22-23H,2,4,10-11H2,(H,24,25,27);1-2H3/b3-1-,22-13?,23-19?;. The molecule has 1 aliphatic heterocycles. The molecule has 2 heterocycles. The number of ether oxygens (including phenoxy) is 1. The first-order valence-corrected chi connectivity index (χ1v) is 10.6. The maximum atomic E-state index is 12.8. The summed E-state index contributed by atoms with van der Waals surface area (Å²) in [5, 5.41) is 18.7. The number of anilines is 1. The van der Waals surface area contributed by atoms with Gasteiger partial charge in [0, 0.05) is 11.0 Å². The fourth-order valence-corrected chi connectivity index (χ4v) is 3.03. The van der Waals surface area contributed by atoms with Gasteiger partial charge in [0.25, 0.3) is 5.91 Å². The van der Waals surface area contributed by atoms with E-state index in [1.54, 1.807) is 30.3 Å². The van der Waals surface area contributed by atoms with Gasteiger partial charge in [0.1, 0.15) is 17.3 Å². The van der Waals surface area contributed by atoms with E-state index in [0.717, 1.165) is 23.7 Å². The van der Waals surface area contributed by atoms with Crippen molar-refractivity contribution in [3.63, 3.8) is 0 Å². The smallest absolute Gasteiger partial charge is 0.260 e. The van der Waals surface area contributed by atoms with Crippen LogP contribution in [-0.2, 0) is 0 Å². The van der Waals surface area contributed by atoms with E-state index in [1.165, 1.54) is 4.90 Å². The average molecular weight is 472 g/mol. The Labute approximate surface area is 185 Å². The van der Waals surface area contributed by atoms with Crippen LogP contribution in [0.2, 0.25) is 0 Å². The van der Waals surface area contributed by atoms with Crippen molar-refractivity contribution in [2.75, 3.05) is 18.5 Å². The molecule has 7 nitrogen and oxygen atoms in total. The summed E-state index contributed by atoms with van der Waals surface area (Å²) in [5.41, 5.74) is 0.771. The summed E-state index contributed by atoms with van der Waals surface area (Å²) in [6.07, 6.45) is 6.60. The molecule has 1 aromatic carbocycles. The Balaban J connectivity index is 0.00000155. The number of halogens is 1. The van der Waals surface area contributed by atoms with Crippen LogP contribution in [0.25, 0.3) is 0 Å². The molecule has 0 unspecified atom stereocenters. The van der Waals surface area contributed by atoms with Gasteiger partial charge in [-0.15, -0.1) is 0 Å². The van der Waals surface area contributed by atoms with Crippen molar-refractivity contribution < 1.29 is 9.53 Å². The van der Waals surface area contributed by atoms with Gasteiger partial charge in [0.2, 0.25) is 0 Å². The third kappa shape index (κ3) is 6.25. The first-order valence-electron chi connectivity index (χ1n) is 9.80. The minimum absolute atomic E-state index is 0.0920. The van der Waals surface area contributed by atoms with Gasteiger partial charge in [-0.2, -0.15) is 0 Å². The molecule has 30 heavy (non-hydrogen) atoms. The fourth-order valence-electron chi connectivity index (χ4n) is 2.67. The van der Waals surface area contributed by atoms with Crippen molar-refractivity contribution in [2.24, 2.45) is 0 Å². The van der Waals surface area contributed by atoms with Gasteiger partial charge in [-0.3, -0.25) is 15.6 Å². The van der Waals surface area contributed by atoms with Crippen LogP contribution in [0, 0.1) is 10.8 Å². The van der Waals surface area contributed by atoms with Crippen LogP contribution in [0.15, 0.2) is 53.0 Å². The lowest BCUT2D eigenvalue weighted by Gasteiger charge is -2.18. The number of amides is 1. The summed E-state index contributed by atoms with van der Waals surface area (Å²) in [5.74, 6) is 0.582. The molecule has 0 radical (unpaired) electrons. The zero-order chi connectivity index (χ0) is 21.9. The highest BCUT2D eigenvalue weighted by Gasteiger charge is 2.16. The van der Waals surface area contributed by atoms with Crippen molar-refractivity contribution in [3.05, 3.63) is 64.3 Å². The van der Waals surface area contributed by atoms with Crippen molar-refractivity contribution in [1.82, 2.24) is 9.88 Å². The number of hydrogen-bond acceptors (Lipinski definition) is 5. The Hall–Kier alpha value is -3.00. The zero-order valence-electron chi connectivity index (χ0n) is 17.1. The Morgan fingerprint density at radius 2 is 2.03 bits per heavy atom. The molecule has 1 amide bonds. The van der Waals surface area contributed by atoms with Crippen molar-refractivity contribution in [1.29, 1.82) is 10.8 Å². The van der Waals surface area contributed by atoms with E-state index in [9.17, 15) is 4.79 Å². The van der Waals surface area contributed by atoms with E-state index in [4.69, 9.17) is 15.6 Å². The minimum Gasteiger partial charge on any atom is -0.493 e. The SMILES string of the molecule is CC.N=CN1C/C=C\CCCOc2ccc(Br)cc2C(=O)Nc2cccc(n2)C1=N. The van der Waals surface area contributed by atoms with Gasteiger partial charge < -0.3 is 15.0 Å². The molecule has 0 saturated carbocycles. The van der Waals surface area contributed by atoms with Gasteiger partial charge in [-0.25, -0.2) is 4.98 Å². The summed E-state index contributed by atoms with van der Waals surface area (Å²) < 4.78 is 6.58. The molecule has 0 spiro atoms. The van der Waals surface area contributed by atoms with Crippen LogP contribution >= 0.6 is 15.9 Å². The van der Waals surface area contributed by atoms with Crippen LogP contribution in [0.3, 0.4) is 0 Å². The normalized spacial score (nSPS) is 15.6. The summed E-state index contributed by atoms with van der Waals surface area (Å²) in [6, 6.07) is 10.3. The lowest BCUT2D eigenvalue weighted by atomic mass is 10.2. The number of aromatic nitrogens is 1. The van der Waals surface area contributed by atoms with Gasteiger partial charge in [-0.05, 0) is 43.2 Å². The van der Waals surface area contributed by atoms with E-state index < -0.39 is 0 Å². The number of carbonyl (C=O) groups excluding carboxylic acids is 1. The van der Waals surface area contributed by atoms with Crippen LogP contribution < -0.4 is 10.1 Å². The van der Waals surface area contributed by atoms with E-state index in [1.807, 2.05) is 32.1 Å². The summed E-state index contributed by atoms with van der Waals surface area (Å²) >= 11 is 3.39. The Morgan fingerprint density at radius 3 is 2.80 bits per heavy atom. The Kier molecular flexibility index (Phi) is 9.21. The maximum absolute atomic E-state index is 12.8. The monoisotopic (exact) mass is 471 g/mol. The molecule has 3 rings (SSSR count). The summed E-state index contributed by atoms with van der Waals surface area (Å²) in [7, 11) is 0. The molecule has 2 aromatic rings. The number of rotatable bonds is 1. The summed E-state index contributed by atoms with van der Waals surface area (Å²) in [6.45, 7) is 4.88. The quantitative estimate of drug-likeness (QED) is 0.306. The second-order valence-corrected chi connectivity index (χ2v) is 7.01. The van der Waals surface area contributed by atoms with Crippen LogP contribution in [0.4, 0.5) is 5.82 Å². The molecule has 0 aliphatic carbocycles. The lowest BCUT2D eigenvalue weighted by Crippen LogP contribution is -2.30. The Morgan fingerprint density at radius 1 is 1.23 bits per heavy atom. The molecule has 0 saturated heterocycles. The second kappa shape index (κ2) is 11.9. The maximum Gasteiger partial charge on any atom is 0.260 e. The Bertz CT molecular complexity index is 929. The van der Waals surface area contributed by atoms with Gasteiger partial charge in [0.05, 0.1) is 18.5 Å². The number of amidine groups is 1. The average Bonchev–Trinajstić information content (AvgIpc) is 2.77. The predicted molar refractivity (Wildman–Crippen MR) is 124 cm³/mol. The molecule has 1 aromatic heterocycles. The van der Waals surface area contributed by atoms with Gasteiger partial charge in [-0.1, -0.05) is 48.0 Å². The fraction of sp³-hybridized carbons (Fsp3) is 0.273. The number of nitrogens with zero attached hydrogens (tertiary/aromatic N) is 2. The first kappa shape index (κ1) is 23.3. The highest BCUT2D eigenvalue weighted by Crippen LogP contribution is 2.24. The third-order valence-corrected chi connectivity index (χ3v) is 4.60. The molecule has 0 fully saturated rings. The highest BCUT2D eigenvalue weighted by molar-refractivity contribution is 9.10. The minimum atomic E-state index is -0.344.